The number of morpholine rings is 1. The van der Waals surface area contributed by atoms with Gasteiger partial charge in [0.2, 0.25) is 5.91 Å². The van der Waals surface area contributed by atoms with Gasteiger partial charge in [0, 0.05) is 17.4 Å². The lowest BCUT2D eigenvalue weighted by Crippen LogP contribution is -2.60. The number of amides is 1. The predicted octanol–water partition coefficient (Wildman–Crippen LogP) is 5.55. The molecule has 0 aromatic rings. The SMILES string of the molecule is C[C@@H]1C[C@H]([C@H](O)C(C)(C)O)O[C@H]2[C@H]1[C@@]1(C)CC[C@@]34C[C@@]35CC[C@H](O[C@H]3CN(C(=O)C(C)(C)C)CCO3)C(C)(C)[C@@H]5CC[C@H]4[C@]1(C)[C@H]2O. The molecule has 0 radical (unpaired) electrons. The van der Waals surface area contributed by atoms with Crippen LogP contribution in [0.2, 0.25) is 0 Å². The van der Waals surface area contributed by atoms with E-state index < -0.39 is 29.3 Å². The number of nitrogens with zero attached hydrogens (tertiary/aromatic N) is 1. The molecule has 7 aliphatic rings. The summed E-state index contributed by atoms with van der Waals surface area (Å²) in [7, 11) is 0. The fourth-order valence-electron chi connectivity index (χ4n) is 13.8. The van der Waals surface area contributed by atoms with Crippen molar-refractivity contribution in [3.63, 3.8) is 0 Å². The van der Waals surface area contributed by atoms with Crippen molar-refractivity contribution in [1.29, 1.82) is 0 Å². The third-order valence-corrected chi connectivity index (χ3v) is 16.1. The second-order valence-electron chi connectivity index (χ2n) is 20.1. The molecule has 2 heterocycles. The lowest BCUT2D eigenvalue weighted by molar-refractivity contribution is -0.248. The zero-order chi connectivity index (χ0) is 34.3. The maximum atomic E-state index is 13.1. The van der Waals surface area contributed by atoms with E-state index in [1.165, 1.54) is 12.8 Å². The molecule has 8 nitrogen and oxygen atoms in total. The number of ether oxygens (including phenoxy) is 3. The molecule has 3 N–H and O–H groups in total. The summed E-state index contributed by atoms with van der Waals surface area (Å²) in [5.41, 5.74) is -1.48. The molecule has 2 aliphatic heterocycles. The molecule has 7 fully saturated rings. The largest absolute Gasteiger partial charge is 0.390 e. The van der Waals surface area contributed by atoms with Crippen LogP contribution in [0.4, 0.5) is 0 Å². The van der Waals surface area contributed by atoms with Crippen molar-refractivity contribution in [3.05, 3.63) is 0 Å². The van der Waals surface area contributed by atoms with Crippen LogP contribution in [0, 0.1) is 56.2 Å². The van der Waals surface area contributed by atoms with Gasteiger partial charge in [-0.15, -0.1) is 0 Å². The van der Waals surface area contributed by atoms with Crippen molar-refractivity contribution in [1.82, 2.24) is 4.90 Å². The zero-order valence-electron chi connectivity index (χ0n) is 31.0. The smallest absolute Gasteiger partial charge is 0.228 e. The molecule has 1 amide bonds. The highest BCUT2D eigenvalue weighted by molar-refractivity contribution is 5.81. The number of hydrogen-bond donors (Lipinski definition) is 3. The molecule has 0 aromatic heterocycles. The first kappa shape index (κ1) is 34.7. The van der Waals surface area contributed by atoms with E-state index in [0.29, 0.717) is 43.9 Å². The lowest BCUT2D eigenvalue weighted by atomic mass is 9.41. The standard InChI is InChI=1S/C39H65NO7/c1-22-19-23(30(41)35(7,8)44)46-29-28(22)36(9)15-16-39-21-38(39)14-13-26(47-27-20-40(17-18-45-27)32(43)33(2,3)4)34(5,6)24(38)11-12-25(39)37(36,10)31(29)42/h22-31,41-42,44H,11-21H2,1-10H3/t22-,23-,24+,25+,26+,27+,28+,29+,30+,31+,36-,37-,38-,39+/m1/s1. The maximum Gasteiger partial charge on any atom is 0.228 e. The van der Waals surface area contributed by atoms with Crippen LogP contribution in [-0.4, -0.2) is 88.2 Å². The molecule has 5 aliphatic carbocycles. The lowest BCUT2D eigenvalue weighted by Gasteiger charge is -2.64. The summed E-state index contributed by atoms with van der Waals surface area (Å²) in [6.07, 6.45) is 6.01. The third-order valence-electron chi connectivity index (χ3n) is 16.1. The van der Waals surface area contributed by atoms with E-state index in [1.807, 2.05) is 25.7 Å². The zero-order valence-corrected chi connectivity index (χ0v) is 31.0. The first-order valence-corrected chi connectivity index (χ1v) is 19.0. The van der Waals surface area contributed by atoms with E-state index in [1.54, 1.807) is 13.8 Å². The van der Waals surface area contributed by atoms with Crippen LogP contribution in [0.1, 0.15) is 121 Å². The molecule has 8 heteroatoms. The number of fused-ring (bicyclic) bond motifs is 4. The predicted molar refractivity (Wildman–Crippen MR) is 179 cm³/mol. The molecule has 2 saturated heterocycles. The minimum Gasteiger partial charge on any atom is -0.390 e. The molecule has 0 aromatic carbocycles. The van der Waals surface area contributed by atoms with Gasteiger partial charge in [-0.05, 0) is 111 Å². The first-order chi connectivity index (χ1) is 21.6. The van der Waals surface area contributed by atoms with Gasteiger partial charge in [-0.1, -0.05) is 55.4 Å². The summed E-state index contributed by atoms with van der Waals surface area (Å²) in [4.78, 5) is 15.0. The van der Waals surface area contributed by atoms with Crippen molar-refractivity contribution in [2.45, 2.75) is 163 Å². The van der Waals surface area contributed by atoms with Crippen LogP contribution in [-0.2, 0) is 19.0 Å². The number of hydrogen-bond acceptors (Lipinski definition) is 7. The highest BCUT2D eigenvalue weighted by Crippen LogP contribution is 2.89. The van der Waals surface area contributed by atoms with Crippen molar-refractivity contribution in [2.24, 2.45) is 56.2 Å². The topological polar surface area (TPSA) is 109 Å². The van der Waals surface area contributed by atoms with Gasteiger partial charge in [0.25, 0.3) is 0 Å². The Morgan fingerprint density at radius 3 is 2.30 bits per heavy atom. The minimum absolute atomic E-state index is 0.0194. The van der Waals surface area contributed by atoms with Gasteiger partial charge in [0.1, 0.15) is 6.10 Å². The molecule has 7 rings (SSSR count). The van der Waals surface area contributed by atoms with E-state index in [9.17, 15) is 20.1 Å². The molecule has 2 spiro atoms. The van der Waals surface area contributed by atoms with Crippen molar-refractivity contribution < 1.29 is 34.3 Å². The van der Waals surface area contributed by atoms with E-state index >= 15 is 0 Å². The first-order valence-electron chi connectivity index (χ1n) is 19.0. The van der Waals surface area contributed by atoms with Gasteiger partial charge < -0.3 is 34.4 Å². The van der Waals surface area contributed by atoms with Crippen LogP contribution in [0.3, 0.4) is 0 Å². The Labute approximate surface area is 283 Å². The molecular formula is C39H65NO7. The van der Waals surface area contributed by atoms with E-state index in [0.717, 1.165) is 32.1 Å². The highest BCUT2D eigenvalue weighted by Gasteiger charge is 2.84. The normalized spacial score (nSPS) is 51.2. The molecule has 268 valence electrons. The summed E-state index contributed by atoms with van der Waals surface area (Å²) in [6.45, 7) is 22.8. The van der Waals surface area contributed by atoms with Crippen molar-refractivity contribution in [2.75, 3.05) is 19.7 Å². The summed E-state index contributed by atoms with van der Waals surface area (Å²) >= 11 is 0. The Kier molecular flexibility index (Phi) is 7.84. The van der Waals surface area contributed by atoms with Gasteiger partial charge in [-0.3, -0.25) is 4.79 Å². The van der Waals surface area contributed by atoms with Crippen LogP contribution < -0.4 is 0 Å². The van der Waals surface area contributed by atoms with E-state index in [-0.39, 0.29) is 57.4 Å². The number of aliphatic hydroxyl groups is 3. The average molecular weight is 660 g/mol. The fraction of sp³-hybridized carbons (Fsp3) is 0.974. The van der Waals surface area contributed by atoms with Crippen molar-refractivity contribution >= 4 is 5.91 Å². The average Bonchev–Trinajstić information content (AvgIpc) is 3.61. The summed E-state index contributed by atoms with van der Waals surface area (Å²) in [5, 5.41) is 34.1. The van der Waals surface area contributed by atoms with Gasteiger partial charge in [0.05, 0.1) is 43.2 Å². The Morgan fingerprint density at radius 2 is 1.64 bits per heavy atom. The fourth-order valence-corrected chi connectivity index (χ4v) is 13.8. The quantitative estimate of drug-likeness (QED) is 0.363. The molecule has 5 saturated carbocycles. The minimum atomic E-state index is -1.26. The molecule has 47 heavy (non-hydrogen) atoms. The van der Waals surface area contributed by atoms with E-state index in [2.05, 4.69) is 34.6 Å². The molecule has 14 atom stereocenters. The van der Waals surface area contributed by atoms with Crippen LogP contribution in [0.5, 0.6) is 0 Å². The number of rotatable bonds is 4. The van der Waals surface area contributed by atoms with Gasteiger partial charge in [-0.2, -0.15) is 0 Å². The monoisotopic (exact) mass is 659 g/mol. The summed E-state index contributed by atoms with van der Waals surface area (Å²) < 4.78 is 19.6. The Morgan fingerprint density at radius 1 is 0.979 bits per heavy atom. The third kappa shape index (κ3) is 4.62. The number of carbonyl (C=O) groups excluding carboxylic acids is 1. The Bertz CT molecular complexity index is 1260. The van der Waals surface area contributed by atoms with Crippen LogP contribution in [0.15, 0.2) is 0 Å². The Hall–Kier alpha value is -0.770. The highest BCUT2D eigenvalue weighted by atomic mass is 16.7. The van der Waals surface area contributed by atoms with Crippen LogP contribution >= 0.6 is 0 Å². The molecular weight excluding hydrogens is 594 g/mol. The molecule has 0 unspecified atom stereocenters. The molecule has 0 bridgehead atoms. The van der Waals surface area contributed by atoms with E-state index in [4.69, 9.17) is 14.2 Å². The summed E-state index contributed by atoms with van der Waals surface area (Å²) in [6, 6.07) is 0. The number of aliphatic hydroxyl groups excluding tert-OH is 2. The second-order valence-corrected chi connectivity index (χ2v) is 20.1. The van der Waals surface area contributed by atoms with Crippen LogP contribution in [0.25, 0.3) is 0 Å². The maximum absolute atomic E-state index is 13.1. The number of carbonyl (C=O) groups is 1. The second kappa shape index (κ2) is 10.6. The van der Waals surface area contributed by atoms with Crippen molar-refractivity contribution in [3.8, 4) is 0 Å². The summed E-state index contributed by atoms with van der Waals surface area (Å²) in [5.74, 6) is 1.67. The Balaban J connectivity index is 1.11. The van der Waals surface area contributed by atoms with Gasteiger partial charge in [0.15, 0.2) is 6.29 Å². The van der Waals surface area contributed by atoms with Gasteiger partial charge >= 0.3 is 0 Å². The van der Waals surface area contributed by atoms with Gasteiger partial charge in [-0.25, -0.2) is 0 Å².